The molecular formula is C13H20N4S. The van der Waals surface area contributed by atoms with E-state index >= 15 is 0 Å². The summed E-state index contributed by atoms with van der Waals surface area (Å²) in [6.45, 7) is 7.26. The van der Waals surface area contributed by atoms with E-state index in [1.54, 1.807) is 17.7 Å². The number of anilines is 1. The quantitative estimate of drug-likeness (QED) is 0.755. The minimum Gasteiger partial charge on any atom is -0.368 e. The molecule has 0 amide bonds. The van der Waals surface area contributed by atoms with Crippen molar-refractivity contribution in [1.29, 1.82) is 0 Å². The van der Waals surface area contributed by atoms with Gasteiger partial charge < -0.3 is 10.6 Å². The molecule has 18 heavy (non-hydrogen) atoms. The van der Waals surface area contributed by atoms with Crippen LogP contribution in [0.5, 0.6) is 0 Å². The number of nitrogens with zero attached hydrogens (tertiary/aromatic N) is 2. The average molecular weight is 264 g/mol. The van der Waals surface area contributed by atoms with E-state index in [2.05, 4.69) is 40.5 Å². The Morgan fingerprint density at radius 3 is 2.83 bits per heavy atom. The smallest absolute Gasteiger partial charge is 0.138 e. The number of aryl methyl sites for hydroxylation is 1. The molecule has 2 heterocycles. The molecule has 98 valence electrons. The third-order valence-corrected chi connectivity index (χ3v) is 3.94. The summed E-state index contributed by atoms with van der Waals surface area (Å²) >= 11 is 1.75. The predicted octanol–water partition coefficient (Wildman–Crippen LogP) is 2.67. The lowest BCUT2D eigenvalue weighted by Crippen LogP contribution is -2.23. The number of hydrogen-bond donors (Lipinski definition) is 2. The summed E-state index contributed by atoms with van der Waals surface area (Å²) in [7, 11) is 0. The number of thiophene rings is 1. The molecule has 0 saturated heterocycles. The van der Waals surface area contributed by atoms with Gasteiger partial charge in [-0.2, -0.15) is 0 Å². The Labute approximate surface area is 112 Å². The lowest BCUT2D eigenvalue weighted by atomic mass is 10.3. The Morgan fingerprint density at radius 2 is 2.06 bits per heavy atom. The zero-order chi connectivity index (χ0) is 12.8. The van der Waals surface area contributed by atoms with Gasteiger partial charge in [-0.05, 0) is 25.5 Å². The maximum absolute atomic E-state index is 4.33. The second-order valence-corrected chi connectivity index (χ2v) is 5.30. The van der Waals surface area contributed by atoms with E-state index in [9.17, 15) is 0 Å². The van der Waals surface area contributed by atoms with Gasteiger partial charge >= 0.3 is 0 Å². The molecule has 0 fully saturated rings. The van der Waals surface area contributed by atoms with Crippen molar-refractivity contribution in [1.82, 2.24) is 15.3 Å². The number of fused-ring (bicyclic) bond motifs is 1. The maximum atomic E-state index is 4.33. The molecule has 5 heteroatoms. The number of hydrogen-bond acceptors (Lipinski definition) is 5. The van der Waals surface area contributed by atoms with E-state index in [-0.39, 0.29) is 0 Å². The Morgan fingerprint density at radius 1 is 1.17 bits per heavy atom. The van der Waals surface area contributed by atoms with Crippen molar-refractivity contribution in [2.45, 2.75) is 26.7 Å². The second kappa shape index (κ2) is 6.66. The van der Waals surface area contributed by atoms with Crippen LogP contribution in [0.25, 0.3) is 10.2 Å². The Hall–Kier alpha value is -1.20. The monoisotopic (exact) mass is 264 g/mol. The van der Waals surface area contributed by atoms with Crippen LogP contribution in [0.2, 0.25) is 0 Å². The molecule has 2 rings (SSSR count). The van der Waals surface area contributed by atoms with Crippen LogP contribution in [0.3, 0.4) is 0 Å². The molecule has 2 N–H and O–H groups in total. The number of rotatable bonds is 7. The molecule has 0 spiro atoms. The van der Waals surface area contributed by atoms with Crippen molar-refractivity contribution < 1.29 is 0 Å². The fourth-order valence-corrected chi connectivity index (χ4v) is 2.73. The molecular weight excluding hydrogens is 244 g/mol. The van der Waals surface area contributed by atoms with Crippen LogP contribution < -0.4 is 10.6 Å². The van der Waals surface area contributed by atoms with Crippen LogP contribution in [0.15, 0.2) is 12.4 Å². The van der Waals surface area contributed by atoms with Crippen LogP contribution in [-0.4, -0.2) is 29.6 Å². The van der Waals surface area contributed by atoms with Crippen molar-refractivity contribution >= 4 is 27.4 Å². The minimum absolute atomic E-state index is 0.892. The zero-order valence-corrected chi connectivity index (χ0v) is 11.8. The average Bonchev–Trinajstić information content (AvgIpc) is 2.82. The topological polar surface area (TPSA) is 49.8 Å². The minimum atomic E-state index is 0.892. The van der Waals surface area contributed by atoms with Gasteiger partial charge in [0.2, 0.25) is 0 Å². The van der Waals surface area contributed by atoms with Crippen molar-refractivity contribution in [3.05, 3.63) is 17.3 Å². The summed E-state index contributed by atoms with van der Waals surface area (Å²) in [5.74, 6) is 0.953. The van der Waals surface area contributed by atoms with Gasteiger partial charge in [-0.1, -0.05) is 13.8 Å². The summed E-state index contributed by atoms with van der Waals surface area (Å²) in [5, 5.41) is 7.89. The number of aromatic nitrogens is 2. The van der Waals surface area contributed by atoms with Crippen molar-refractivity contribution in [3.63, 3.8) is 0 Å². The van der Waals surface area contributed by atoms with Crippen LogP contribution >= 0.6 is 11.3 Å². The fraction of sp³-hybridized carbons (Fsp3) is 0.538. The second-order valence-electron chi connectivity index (χ2n) is 4.18. The van der Waals surface area contributed by atoms with E-state index in [0.29, 0.717) is 0 Å². The van der Waals surface area contributed by atoms with E-state index in [1.165, 1.54) is 11.3 Å². The van der Waals surface area contributed by atoms with Gasteiger partial charge in [0.05, 0.1) is 5.39 Å². The van der Waals surface area contributed by atoms with Gasteiger partial charge in [0.25, 0.3) is 0 Å². The van der Waals surface area contributed by atoms with Crippen LogP contribution in [0, 0.1) is 0 Å². The summed E-state index contributed by atoms with van der Waals surface area (Å²) in [6.07, 6.45) is 3.86. The Kier molecular flexibility index (Phi) is 4.90. The molecule has 0 saturated carbocycles. The highest BCUT2D eigenvalue weighted by Gasteiger charge is 2.06. The molecule has 0 radical (unpaired) electrons. The molecule has 0 aliphatic heterocycles. The van der Waals surface area contributed by atoms with Crippen molar-refractivity contribution in [2.75, 3.05) is 25.0 Å². The predicted molar refractivity (Wildman–Crippen MR) is 78.4 cm³/mol. The van der Waals surface area contributed by atoms with Gasteiger partial charge in [-0.15, -0.1) is 11.3 Å². The van der Waals surface area contributed by atoms with Crippen LogP contribution in [0.4, 0.5) is 5.82 Å². The van der Waals surface area contributed by atoms with Gasteiger partial charge in [-0.25, -0.2) is 9.97 Å². The molecule has 2 aromatic rings. The molecule has 0 unspecified atom stereocenters. The first-order valence-electron chi connectivity index (χ1n) is 6.53. The molecule has 2 aromatic heterocycles. The number of nitrogens with one attached hydrogen (secondary N) is 2. The molecule has 0 aliphatic rings. The summed E-state index contributed by atoms with van der Waals surface area (Å²) in [4.78, 5) is 11.1. The summed E-state index contributed by atoms with van der Waals surface area (Å²) < 4.78 is 0. The third kappa shape index (κ3) is 3.17. The van der Waals surface area contributed by atoms with Gasteiger partial charge in [0.15, 0.2) is 0 Å². The van der Waals surface area contributed by atoms with Crippen LogP contribution in [0.1, 0.15) is 25.1 Å². The SMILES string of the molecule is CCCNCCNc1ncnc2sc(CC)cc12. The highest BCUT2D eigenvalue weighted by Crippen LogP contribution is 2.28. The normalized spacial score (nSPS) is 11.0. The molecule has 0 aliphatic carbocycles. The third-order valence-electron chi connectivity index (χ3n) is 2.75. The molecule has 0 bridgehead atoms. The van der Waals surface area contributed by atoms with Crippen molar-refractivity contribution in [3.8, 4) is 0 Å². The van der Waals surface area contributed by atoms with Gasteiger partial charge in [0, 0.05) is 18.0 Å². The Balaban J connectivity index is 2.01. The first kappa shape index (κ1) is 13.2. The lowest BCUT2D eigenvalue weighted by Gasteiger charge is -2.06. The molecule has 0 atom stereocenters. The Bertz CT molecular complexity index is 495. The first-order chi connectivity index (χ1) is 8.85. The van der Waals surface area contributed by atoms with Crippen LogP contribution in [-0.2, 0) is 6.42 Å². The van der Waals surface area contributed by atoms with Gasteiger partial charge in [-0.3, -0.25) is 0 Å². The maximum Gasteiger partial charge on any atom is 0.138 e. The fourth-order valence-electron chi connectivity index (χ4n) is 1.79. The zero-order valence-electron chi connectivity index (χ0n) is 11.0. The van der Waals surface area contributed by atoms with Crippen molar-refractivity contribution in [2.24, 2.45) is 0 Å². The largest absolute Gasteiger partial charge is 0.368 e. The summed E-state index contributed by atoms with van der Waals surface area (Å²) in [6, 6.07) is 2.20. The highest BCUT2D eigenvalue weighted by atomic mass is 32.1. The van der Waals surface area contributed by atoms with Gasteiger partial charge in [0.1, 0.15) is 17.0 Å². The lowest BCUT2D eigenvalue weighted by molar-refractivity contribution is 0.687. The highest BCUT2D eigenvalue weighted by molar-refractivity contribution is 7.18. The van der Waals surface area contributed by atoms with E-state index in [0.717, 1.165) is 42.1 Å². The first-order valence-corrected chi connectivity index (χ1v) is 7.34. The van der Waals surface area contributed by atoms with E-state index < -0.39 is 0 Å². The van der Waals surface area contributed by atoms with E-state index in [4.69, 9.17) is 0 Å². The molecule has 4 nitrogen and oxygen atoms in total. The van der Waals surface area contributed by atoms with E-state index in [1.807, 2.05) is 0 Å². The standard InChI is InChI=1S/C13H20N4S/c1-3-5-14-6-7-15-12-11-8-10(4-2)18-13(11)17-9-16-12/h8-9,14H,3-7H2,1-2H3,(H,15,16,17). The summed E-state index contributed by atoms with van der Waals surface area (Å²) in [5.41, 5.74) is 0. The molecule has 0 aromatic carbocycles.